The normalized spacial score (nSPS) is 13.5. The molecule has 2 amide bonds. The minimum Gasteiger partial charge on any atom is -0.480 e. The molecule has 1 unspecified atom stereocenters. The zero-order valence-corrected chi connectivity index (χ0v) is 23.1. The van der Waals surface area contributed by atoms with Crippen molar-refractivity contribution in [2.24, 2.45) is 5.92 Å². The number of carboxylic acid groups (broad SMARTS) is 1. The lowest BCUT2D eigenvalue weighted by Gasteiger charge is -2.24. The molecular formula is C27H37N3O7S. The topological polar surface area (TPSA) is 155 Å². The summed E-state index contributed by atoms with van der Waals surface area (Å²) in [5, 5.41) is 15.0. The van der Waals surface area contributed by atoms with E-state index in [4.69, 9.17) is 0 Å². The highest BCUT2D eigenvalue weighted by Gasteiger charge is 2.30. The molecule has 1 aromatic carbocycles. The summed E-state index contributed by atoms with van der Waals surface area (Å²) in [5.74, 6) is -2.58. The summed E-state index contributed by atoms with van der Waals surface area (Å²) in [4.78, 5) is 64.6. The predicted molar refractivity (Wildman–Crippen MR) is 145 cm³/mol. The third-order valence-corrected chi connectivity index (χ3v) is 7.05. The lowest BCUT2D eigenvalue weighted by atomic mass is 10.0. The fraction of sp³-hybridized carbons (Fsp3) is 0.519. The summed E-state index contributed by atoms with van der Waals surface area (Å²) in [6, 6.07) is 5.31. The molecule has 2 rings (SSSR count). The Bertz CT molecular complexity index is 1130. The quantitative estimate of drug-likeness (QED) is 0.196. The Morgan fingerprint density at radius 2 is 1.71 bits per heavy atom. The van der Waals surface area contributed by atoms with Crippen molar-refractivity contribution in [1.29, 1.82) is 0 Å². The number of thioether (sulfide) groups is 1. The summed E-state index contributed by atoms with van der Waals surface area (Å²) in [5.41, 5.74) is 1.62. The van der Waals surface area contributed by atoms with Crippen LogP contribution in [0.2, 0.25) is 0 Å². The number of fused-ring (bicyclic) bond motifs is 1. The zero-order valence-electron chi connectivity index (χ0n) is 22.2. The maximum atomic E-state index is 13.2. The number of methoxy groups -OCH3 is 1. The molecule has 0 saturated carbocycles. The Labute approximate surface area is 226 Å². The molecule has 0 radical (unpaired) electrons. The van der Waals surface area contributed by atoms with Crippen LogP contribution in [-0.4, -0.2) is 63.4 Å². The number of aliphatic carboxylic acids is 1. The molecule has 3 atom stereocenters. The number of carboxylic acids is 1. The number of unbranched alkanes of at least 4 members (excludes halogenated alkanes) is 1. The first kappa shape index (κ1) is 30.9. The van der Waals surface area contributed by atoms with Crippen LogP contribution >= 0.6 is 11.8 Å². The first-order valence-corrected chi connectivity index (χ1v) is 13.5. The molecule has 0 aliphatic carbocycles. The van der Waals surface area contributed by atoms with Gasteiger partial charge in [-0.2, -0.15) is 0 Å². The molecule has 1 aromatic heterocycles. The number of carbonyl (C=O) groups is 5. The summed E-state index contributed by atoms with van der Waals surface area (Å²) in [6.45, 7) is 5.14. The number of H-pyrrole nitrogens is 1. The number of nitrogens with one attached hydrogen (secondary N) is 3. The number of benzene rings is 1. The number of rotatable bonds is 15. The van der Waals surface area contributed by atoms with Crippen LogP contribution in [0.4, 0.5) is 0 Å². The van der Waals surface area contributed by atoms with Crippen molar-refractivity contribution in [3.63, 3.8) is 0 Å². The number of aromatic nitrogens is 1. The Kier molecular flexibility index (Phi) is 12.3. The second-order valence-electron chi connectivity index (χ2n) is 9.57. The highest BCUT2D eigenvalue weighted by Crippen LogP contribution is 2.21. The molecule has 2 aromatic rings. The van der Waals surface area contributed by atoms with Crippen molar-refractivity contribution in [3.05, 3.63) is 36.0 Å². The Hall–Kier alpha value is -3.34. The number of aromatic amines is 1. The Morgan fingerprint density at radius 1 is 1.03 bits per heavy atom. The molecule has 10 nitrogen and oxygen atoms in total. The van der Waals surface area contributed by atoms with Gasteiger partial charge in [-0.05, 0) is 36.8 Å². The van der Waals surface area contributed by atoms with Crippen LogP contribution in [0.1, 0.15) is 58.4 Å². The summed E-state index contributed by atoms with van der Waals surface area (Å²) >= 11 is 0.871. The van der Waals surface area contributed by atoms with E-state index in [1.807, 2.05) is 38.1 Å². The number of carbonyl (C=O) groups excluding carboxylic acids is 4. The first-order chi connectivity index (χ1) is 18.0. The van der Waals surface area contributed by atoms with Crippen molar-refractivity contribution >= 4 is 51.5 Å². The fourth-order valence-electron chi connectivity index (χ4n) is 4.11. The number of hydrogen-bond acceptors (Lipinski definition) is 7. The molecule has 38 heavy (non-hydrogen) atoms. The van der Waals surface area contributed by atoms with Crippen LogP contribution in [0.15, 0.2) is 30.5 Å². The molecule has 208 valence electrons. The van der Waals surface area contributed by atoms with Gasteiger partial charge < -0.3 is 25.5 Å². The lowest BCUT2D eigenvalue weighted by Crippen LogP contribution is -2.54. The molecule has 0 fully saturated rings. The second kappa shape index (κ2) is 15.2. The van der Waals surface area contributed by atoms with Crippen LogP contribution < -0.4 is 10.6 Å². The van der Waals surface area contributed by atoms with Crippen molar-refractivity contribution in [3.8, 4) is 0 Å². The van der Waals surface area contributed by atoms with E-state index in [9.17, 15) is 29.1 Å². The monoisotopic (exact) mass is 547 g/mol. The van der Waals surface area contributed by atoms with E-state index in [-0.39, 0.29) is 36.3 Å². The van der Waals surface area contributed by atoms with Gasteiger partial charge >= 0.3 is 11.9 Å². The van der Waals surface area contributed by atoms with E-state index in [2.05, 4.69) is 20.4 Å². The van der Waals surface area contributed by atoms with Gasteiger partial charge in [-0.15, -0.1) is 0 Å². The molecule has 0 bridgehead atoms. The minimum atomic E-state index is -1.20. The Balaban J connectivity index is 2.10. The number of ether oxygens (including phenoxy) is 1. The molecule has 0 aliphatic rings. The number of esters is 1. The minimum absolute atomic E-state index is 0.0295. The lowest BCUT2D eigenvalue weighted by molar-refractivity contribution is -0.142. The van der Waals surface area contributed by atoms with Crippen LogP contribution in [0.3, 0.4) is 0 Å². The largest absolute Gasteiger partial charge is 0.480 e. The summed E-state index contributed by atoms with van der Waals surface area (Å²) in [6.07, 6.45) is 3.64. The zero-order chi connectivity index (χ0) is 28.2. The average Bonchev–Trinajstić information content (AvgIpc) is 3.26. The molecule has 11 heteroatoms. The SMILES string of the molecule is COC(=O)CCCCC(SC(C)=O)C(=O)N[C@H](CC(C)C)C(=O)N[C@@H](Cc1c[nH]c2ccccc12)C(=O)O. The van der Waals surface area contributed by atoms with Crippen molar-refractivity contribution < 1.29 is 33.8 Å². The molecule has 0 aliphatic heterocycles. The van der Waals surface area contributed by atoms with Gasteiger partial charge in [-0.3, -0.25) is 19.2 Å². The third-order valence-electron chi connectivity index (χ3n) is 5.98. The van der Waals surface area contributed by atoms with E-state index < -0.39 is 35.1 Å². The van der Waals surface area contributed by atoms with Crippen LogP contribution in [-0.2, 0) is 35.1 Å². The first-order valence-electron chi connectivity index (χ1n) is 12.6. The van der Waals surface area contributed by atoms with E-state index in [1.165, 1.54) is 14.0 Å². The molecule has 0 spiro atoms. The maximum absolute atomic E-state index is 13.2. The van der Waals surface area contributed by atoms with Gasteiger partial charge in [0.05, 0.1) is 12.4 Å². The number of para-hydroxylation sites is 1. The van der Waals surface area contributed by atoms with Gasteiger partial charge in [0.1, 0.15) is 12.1 Å². The van der Waals surface area contributed by atoms with Crippen LogP contribution in [0.5, 0.6) is 0 Å². The van der Waals surface area contributed by atoms with Gasteiger partial charge in [0.15, 0.2) is 5.12 Å². The van der Waals surface area contributed by atoms with Gasteiger partial charge in [-0.1, -0.05) is 50.2 Å². The molecule has 0 saturated heterocycles. The maximum Gasteiger partial charge on any atom is 0.326 e. The van der Waals surface area contributed by atoms with Crippen molar-refractivity contribution in [1.82, 2.24) is 15.6 Å². The average molecular weight is 548 g/mol. The van der Waals surface area contributed by atoms with Crippen molar-refractivity contribution in [2.75, 3.05) is 7.11 Å². The van der Waals surface area contributed by atoms with Gasteiger partial charge in [0.2, 0.25) is 11.8 Å². The van der Waals surface area contributed by atoms with Crippen LogP contribution in [0, 0.1) is 5.92 Å². The number of amides is 2. The molecule has 4 N–H and O–H groups in total. The number of hydrogen-bond donors (Lipinski definition) is 4. The van der Waals surface area contributed by atoms with E-state index in [1.54, 1.807) is 6.20 Å². The molecular weight excluding hydrogens is 510 g/mol. The summed E-state index contributed by atoms with van der Waals surface area (Å²) < 4.78 is 4.62. The third kappa shape index (κ3) is 9.85. The van der Waals surface area contributed by atoms with Gasteiger partial charge in [0, 0.05) is 36.9 Å². The predicted octanol–water partition coefficient (Wildman–Crippen LogP) is 3.19. The van der Waals surface area contributed by atoms with Gasteiger partial charge in [-0.25, -0.2) is 4.79 Å². The van der Waals surface area contributed by atoms with E-state index >= 15 is 0 Å². The smallest absolute Gasteiger partial charge is 0.326 e. The fourth-order valence-corrected chi connectivity index (χ4v) is 4.97. The Morgan fingerprint density at radius 3 is 2.34 bits per heavy atom. The van der Waals surface area contributed by atoms with Crippen LogP contribution in [0.25, 0.3) is 10.9 Å². The standard InChI is InChI=1S/C27H37N3O7S/c1-16(2)13-21(29-26(34)23(38-17(3)31)11-7-8-12-24(32)37-4)25(33)30-22(27(35)36)14-18-15-28-20-10-6-5-9-19(18)20/h5-6,9-10,15-16,21-23,28H,7-8,11-14H2,1-4H3,(H,29,34)(H,30,33)(H,35,36)/t21-,22+,23?/m1/s1. The van der Waals surface area contributed by atoms with E-state index in [0.29, 0.717) is 19.3 Å². The van der Waals surface area contributed by atoms with Gasteiger partial charge in [0.25, 0.3) is 0 Å². The summed E-state index contributed by atoms with van der Waals surface area (Å²) in [7, 11) is 1.31. The molecule has 1 heterocycles. The van der Waals surface area contributed by atoms with E-state index in [0.717, 1.165) is 28.2 Å². The highest BCUT2D eigenvalue weighted by molar-refractivity contribution is 8.14. The highest BCUT2D eigenvalue weighted by atomic mass is 32.2. The second-order valence-corrected chi connectivity index (χ2v) is 11.0. The van der Waals surface area contributed by atoms with Crippen molar-refractivity contribution in [2.45, 2.75) is 76.6 Å².